The van der Waals surface area contributed by atoms with Crippen LogP contribution in [-0.4, -0.2) is 8.94 Å². The second kappa shape index (κ2) is 6.32. The van der Waals surface area contributed by atoms with E-state index in [2.05, 4.69) is 22.3 Å². The van der Waals surface area contributed by atoms with Gasteiger partial charge in [-0.05, 0) is 49.9 Å². The van der Waals surface area contributed by atoms with Crippen LogP contribution in [0.3, 0.4) is 0 Å². The van der Waals surface area contributed by atoms with Crippen molar-refractivity contribution < 1.29 is 4.39 Å². The van der Waals surface area contributed by atoms with Crippen LogP contribution in [0.4, 0.5) is 4.39 Å². The highest BCUT2D eigenvalue weighted by Crippen LogP contribution is 2.40. The predicted molar refractivity (Wildman–Crippen MR) is 110 cm³/mol. The second-order valence-electron chi connectivity index (χ2n) is 7.41. The number of aromatic nitrogens is 2. The fourth-order valence-electron chi connectivity index (χ4n) is 3.65. The summed E-state index contributed by atoms with van der Waals surface area (Å²) in [5.74, 6) is 5.61. The van der Waals surface area contributed by atoms with Crippen LogP contribution in [0, 0.1) is 23.6 Å². The van der Waals surface area contributed by atoms with E-state index in [4.69, 9.17) is 0 Å². The number of nitrogens with one attached hydrogen (secondary N) is 1. The molecule has 1 aromatic carbocycles. The Morgan fingerprint density at radius 1 is 1.29 bits per heavy atom. The Morgan fingerprint density at radius 2 is 2.11 bits per heavy atom. The number of hydrogen-bond acceptors (Lipinski definition) is 3. The first kappa shape index (κ1) is 17.2. The molecular formula is C22H17FN2O2S. The summed E-state index contributed by atoms with van der Waals surface area (Å²) in [6.07, 6.45) is 8.95. The zero-order valence-electron chi connectivity index (χ0n) is 15.2. The molecule has 28 heavy (non-hydrogen) atoms. The standard InChI is InChI=1S/C22H17FN2O2S/c1-12-2-4-13(5-3-12)6-7-14-10-18-16(11-17(14)23)20(26)19-21(27)24-28-22(19)25(18)15-8-9-15/h2-4,10-11,13,15H,5,8-9H2,1H3,(H,24,27). The Morgan fingerprint density at radius 3 is 2.82 bits per heavy atom. The molecule has 1 fully saturated rings. The molecule has 0 saturated heterocycles. The molecular weight excluding hydrogens is 375 g/mol. The zero-order chi connectivity index (χ0) is 19.4. The van der Waals surface area contributed by atoms with E-state index in [-0.39, 0.29) is 28.3 Å². The third kappa shape index (κ3) is 2.74. The van der Waals surface area contributed by atoms with Crippen LogP contribution in [0.25, 0.3) is 21.1 Å². The van der Waals surface area contributed by atoms with E-state index in [1.54, 1.807) is 6.07 Å². The maximum absolute atomic E-state index is 14.7. The van der Waals surface area contributed by atoms with Gasteiger partial charge in [-0.1, -0.05) is 35.6 Å². The number of H-pyrrole nitrogens is 1. The molecule has 1 atom stereocenters. The van der Waals surface area contributed by atoms with Gasteiger partial charge in [-0.2, -0.15) is 0 Å². The van der Waals surface area contributed by atoms with Crippen molar-refractivity contribution in [2.24, 2.45) is 5.92 Å². The number of benzene rings is 1. The Kier molecular flexibility index (Phi) is 3.88. The fraction of sp³-hybridized carbons (Fsp3) is 0.273. The van der Waals surface area contributed by atoms with E-state index in [1.807, 2.05) is 23.6 Å². The van der Waals surface area contributed by atoms with E-state index in [0.717, 1.165) is 30.8 Å². The van der Waals surface area contributed by atoms with Crippen molar-refractivity contribution in [2.45, 2.75) is 32.2 Å². The lowest BCUT2D eigenvalue weighted by Gasteiger charge is -2.12. The Hall–Kier alpha value is -2.91. The summed E-state index contributed by atoms with van der Waals surface area (Å²) in [6, 6.07) is 3.13. The van der Waals surface area contributed by atoms with Crippen molar-refractivity contribution in [3.8, 4) is 11.8 Å². The lowest BCUT2D eigenvalue weighted by Crippen LogP contribution is -2.15. The Bertz CT molecular complexity index is 1370. The third-order valence-electron chi connectivity index (χ3n) is 5.31. The predicted octanol–water partition coefficient (Wildman–Crippen LogP) is 4.25. The molecule has 6 heteroatoms. The molecule has 2 heterocycles. The van der Waals surface area contributed by atoms with Gasteiger partial charge in [-0.15, -0.1) is 0 Å². The quantitative estimate of drug-likeness (QED) is 0.630. The van der Waals surface area contributed by atoms with Crippen molar-refractivity contribution in [3.05, 3.63) is 67.9 Å². The first-order chi connectivity index (χ1) is 13.5. The van der Waals surface area contributed by atoms with Gasteiger partial charge in [-0.3, -0.25) is 14.0 Å². The van der Waals surface area contributed by atoms with E-state index in [9.17, 15) is 14.0 Å². The molecule has 2 aromatic heterocycles. The SMILES string of the molecule is CC1=CCC(C#Cc2cc3c(cc2F)c(=O)c2c(=O)[nH]sc2n3C2CC2)C=C1. The van der Waals surface area contributed by atoms with Gasteiger partial charge < -0.3 is 4.57 Å². The number of allylic oxidation sites excluding steroid dienone is 4. The van der Waals surface area contributed by atoms with Gasteiger partial charge in [0.15, 0.2) is 0 Å². The summed E-state index contributed by atoms with van der Waals surface area (Å²) in [5, 5.41) is 0.361. The van der Waals surface area contributed by atoms with Gasteiger partial charge in [-0.25, -0.2) is 4.39 Å². The highest BCUT2D eigenvalue weighted by molar-refractivity contribution is 7.12. The van der Waals surface area contributed by atoms with Gasteiger partial charge in [0, 0.05) is 17.3 Å². The van der Waals surface area contributed by atoms with Crippen molar-refractivity contribution in [1.29, 1.82) is 0 Å². The number of fused-ring (bicyclic) bond motifs is 2. The molecule has 0 bridgehead atoms. The summed E-state index contributed by atoms with van der Waals surface area (Å²) < 4.78 is 19.4. The number of pyridine rings is 1. The van der Waals surface area contributed by atoms with Crippen molar-refractivity contribution >= 4 is 32.7 Å². The number of aromatic amines is 1. The summed E-state index contributed by atoms with van der Waals surface area (Å²) in [7, 11) is 0. The van der Waals surface area contributed by atoms with Crippen molar-refractivity contribution in [1.82, 2.24) is 8.94 Å². The van der Waals surface area contributed by atoms with Gasteiger partial charge in [0.1, 0.15) is 16.0 Å². The first-order valence-corrected chi connectivity index (χ1v) is 10.1. The minimum atomic E-state index is -0.531. The highest BCUT2D eigenvalue weighted by Gasteiger charge is 2.29. The molecule has 2 aliphatic rings. The molecule has 3 aromatic rings. The topological polar surface area (TPSA) is 54.9 Å². The molecule has 1 N–H and O–H groups in total. The summed E-state index contributed by atoms with van der Waals surface area (Å²) >= 11 is 1.16. The van der Waals surface area contributed by atoms with Gasteiger partial charge in [0.25, 0.3) is 5.56 Å². The maximum Gasteiger partial charge on any atom is 0.271 e. The average Bonchev–Trinajstić information content (AvgIpc) is 3.44. The number of nitrogens with zero attached hydrogens (tertiary/aromatic N) is 1. The lowest BCUT2D eigenvalue weighted by atomic mass is 9.97. The molecule has 1 saturated carbocycles. The highest BCUT2D eigenvalue weighted by atomic mass is 32.1. The number of rotatable bonds is 1. The van der Waals surface area contributed by atoms with Crippen LogP contribution < -0.4 is 11.0 Å². The van der Waals surface area contributed by atoms with Crippen LogP contribution in [0.5, 0.6) is 0 Å². The maximum atomic E-state index is 14.7. The van der Waals surface area contributed by atoms with Gasteiger partial charge in [0.05, 0.1) is 11.1 Å². The third-order valence-corrected chi connectivity index (χ3v) is 6.19. The number of halogens is 1. The summed E-state index contributed by atoms with van der Waals surface area (Å²) in [4.78, 5) is 25.6. The van der Waals surface area contributed by atoms with E-state index in [0.29, 0.717) is 10.3 Å². The van der Waals surface area contributed by atoms with Crippen molar-refractivity contribution in [3.63, 3.8) is 0 Å². The second-order valence-corrected chi connectivity index (χ2v) is 8.21. The normalized spacial score (nSPS) is 18.9. The number of hydrogen-bond donors (Lipinski definition) is 1. The van der Waals surface area contributed by atoms with Crippen molar-refractivity contribution in [2.75, 3.05) is 0 Å². The van der Waals surface area contributed by atoms with Crippen LogP contribution in [0.1, 0.15) is 37.8 Å². The molecule has 0 aliphatic heterocycles. The molecule has 0 spiro atoms. The van der Waals surface area contributed by atoms with Crippen LogP contribution in [0.15, 0.2) is 45.5 Å². The first-order valence-electron chi connectivity index (χ1n) is 9.28. The van der Waals surface area contributed by atoms with Crippen LogP contribution in [0.2, 0.25) is 0 Å². The Labute approximate surface area is 164 Å². The summed E-state index contributed by atoms with van der Waals surface area (Å²) in [5.41, 5.74) is 1.31. The van der Waals surface area contributed by atoms with E-state index in [1.165, 1.54) is 11.6 Å². The molecule has 140 valence electrons. The summed E-state index contributed by atoms with van der Waals surface area (Å²) in [6.45, 7) is 2.04. The van der Waals surface area contributed by atoms with E-state index >= 15 is 0 Å². The smallest absolute Gasteiger partial charge is 0.271 e. The monoisotopic (exact) mass is 392 g/mol. The van der Waals surface area contributed by atoms with Gasteiger partial charge in [0.2, 0.25) is 5.43 Å². The molecule has 4 nitrogen and oxygen atoms in total. The molecule has 5 rings (SSSR count). The minimum Gasteiger partial charge on any atom is -0.328 e. The fourth-order valence-corrected chi connectivity index (χ4v) is 4.57. The zero-order valence-corrected chi connectivity index (χ0v) is 16.0. The molecule has 0 radical (unpaired) electrons. The molecule has 1 unspecified atom stereocenters. The lowest BCUT2D eigenvalue weighted by molar-refractivity contribution is 0.625. The minimum absolute atomic E-state index is 0.0572. The molecule has 2 aliphatic carbocycles. The van der Waals surface area contributed by atoms with E-state index < -0.39 is 16.8 Å². The van der Waals surface area contributed by atoms with Crippen LogP contribution >= 0.6 is 11.5 Å². The van der Waals surface area contributed by atoms with Gasteiger partial charge >= 0.3 is 0 Å². The molecule has 0 amide bonds. The average molecular weight is 392 g/mol. The largest absolute Gasteiger partial charge is 0.328 e. The van der Waals surface area contributed by atoms with Crippen LogP contribution in [-0.2, 0) is 0 Å². The Balaban J connectivity index is 1.72.